The number of methoxy groups -OCH3 is 1. The Morgan fingerprint density at radius 2 is 1.61 bits per heavy atom. The van der Waals surface area contributed by atoms with E-state index < -0.39 is 18.6 Å². The minimum absolute atomic E-state index is 0.0206. The smallest absolute Gasteiger partial charge is 0.393 e. The van der Waals surface area contributed by atoms with Crippen LogP contribution in [0.2, 0.25) is 0 Å². The van der Waals surface area contributed by atoms with Gasteiger partial charge in [-0.1, -0.05) is 45.8 Å². The van der Waals surface area contributed by atoms with Crippen molar-refractivity contribution < 1.29 is 37.2 Å². The van der Waals surface area contributed by atoms with Crippen LogP contribution >= 0.6 is 0 Å². The lowest BCUT2D eigenvalue weighted by atomic mass is 9.97. The highest BCUT2D eigenvalue weighted by atomic mass is 19.4. The van der Waals surface area contributed by atoms with Gasteiger partial charge in [0.15, 0.2) is 5.71 Å². The predicted molar refractivity (Wildman–Crippen MR) is 129 cm³/mol. The molecule has 0 N–H and O–H groups in total. The molecule has 2 aromatic rings. The molecule has 0 amide bonds. The van der Waals surface area contributed by atoms with Gasteiger partial charge in [0, 0.05) is 16.7 Å². The summed E-state index contributed by atoms with van der Waals surface area (Å²) in [5.41, 5.74) is 3.21. The van der Waals surface area contributed by atoms with Gasteiger partial charge in [-0.25, -0.2) is 4.79 Å². The summed E-state index contributed by atoms with van der Waals surface area (Å²) in [7, 11) is 3.88. The Kier molecular flexibility index (Phi) is 10.0. The Hall–Kier alpha value is -3.89. The fraction of sp³-hybridized carbons (Fsp3) is 0.360. The molecule has 0 fully saturated rings. The van der Waals surface area contributed by atoms with Gasteiger partial charge in [0.25, 0.3) is 0 Å². The second kappa shape index (κ2) is 12.7. The van der Waals surface area contributed by atoms with Gasteiger partial charge < -0.3 is 19.2 Å². The quantitative estimate of drug-likeness (QED) is 0.258. The molecule has 0 aromatic heterocycles. The summed E-state index contributed by atoms with van der Waals surface area (Å²) in [4.78, 5) is 27.2. The number of rotatable bonds is 10. The van der Waals surface area contributed by atoms with Crippen LogP contribution in [-0.2, 0) is 37.1 Å². The standard InChI is InChI=1S/C25H28F3N3O5/c1-15-8-7-9-21(23(31-35-6)24(32)33-4)22(15)14-36-30-17(3)20-11-10-18(16(2)29-34-5)12-19(20)13-25(26,27)28/h7-12H,13-14H2,1-6H3/b29-16-,30-17+,31-23+. The third-order valence-corrected chi connectivity index (χ3v) is 5.17. The summed E-state index contributed by atoms with van der Waals surface area (Å²) in [6, 6.07) is 9.77. The zero-order valence-electron chi connectivity index (χ0n) is 20.9. The van der Waals surface area contributed by atoms with Crippen LogP contribution in [0, 0.1) is 6.92 Å². The maximum absolute atomic E-state index is 13.3. The molecule has 0 bridgehead atoms. The van der Waals surface area contributed by atoms with Gasteiger partial charge in [0.2, 0.25) is 0 Å². The molecule has 0 spiro atoms. The molecule has 0 aliphatic carbocycles. The van der Waals surface area contributed by atoms with Crippen LogP contribution in [-0.4, -0.2) is 50.6 Å². The van der Waals surface area contributed by atoms with Crippen molar-refractivity contribution in [1.29, 1.82) is 0 Å². The molecule has 0 saturated carbocycles. The number of nitrogens with zero attached hydrogens (tertiary/aromatic N) is 3. The van der Waals surface area contributed by atoms with Gasteiger partial charge in [-0.05, 0) is 43.5 Å². The molecule has 0 heterocycles. The summed E-state index contributed by atoms with van der Waals surface area (Å²) >= 11 is 0. The zero-order valence-corrected chi connectivity index (χ0v) is 20.9. The SMILES string of the molecule is CO/N=C(/C)c1ccc(/C(C)=N/OCc2c(C)cccc2/C(=N\OC)C(=O)OC)c(CC(F)(F)F)c1. The number of carbonyl (C=O) groups is 1. The molecule has 0 radical (unpaired) electrons. The molecule has 0 unspecified atom stereocenters. The molecule has 194 valence electrons. The number of hydrogen-bond donors (Lipinski definition) is 0. The van der Waals surface area contributed by atoms with Crippen LogP contribution in [0.4, 0.5) is 13.2 Å². The summed E-state index contributed by atoms with van der Waals surface area (Å²) in [5, 5.41) is 11.6. The zero-order chi connectivity index (χ0) is 26.9. The monoisotopic (exact) mass is 507 g/mol. The normalized spacial score (nSPS) is 12.9. The molecule has 0 atom stereocenters. The fourth-order valence-corrected chi connectivity index (χ4v) is 3.47. The third kappa shape index (κ3) is 7.56. The van der Waals surface area contributed by atoms with Crippen LogP contribution in [0.15, 0.2) is 51.9 Å². The van der Waals surface area contributed by atoms with Gasteiger partial charge in [0.1, 0.15) is 20.8 Å². The van der Waals surface area contributed by atoms with Crippen LogP contribution in [0.25, 0.3) is 0 Å². The van der Waals surface area contributed by atoms with Crippen molar-refractivity contribution in [3.63, 3.8) is 0 Å². The number of esters is 1. The van der Waals surface area contributed by atoms with E-state index in [1.54, 1.807) is 32.0 Å². The predicted octanol–water partition coefficient (Wildman–Crippen LogP) is 4.93. The topological polar surface area (TPSA) is 91.1 Å². The Labute approximate surface area is 207 Å². The largest absolute Gasteiger partial charge is 0.464 e. The molecule has 0 saturated heterocycles. The lowest BCUT2D eigenvalue weighted by Gasteiger charge is -2.15. The van der Waals surface area contributed by atoms with Crippen LogP contribution < -0.4 is 0 Å². The number of carbonyl (C=O) groups excluding carboxylic acids is 1. The van der Waals surface area contributed by atoms with Gasteiger partial charge >= 0.3 is 12.1 Å². The van der Waals surface area contributed by atoms with E-state index in [9.17, 15) is 18.0 Å². The van der Waals surface area contributed by atoms with Crippen molar-refractivity contribution in [2.75, 3.05) is 21.3 Å². The lowest BCUT2D eigenvalue weighted by Crippen LogP contribution is -2.20. The number of oxime groups is 3. The van der Waals surface area contributed by atoms with Gasteiger partial charge in [-0.2, -0.15) is 13.2 Å². The first-order valence-corrected chi connectivity index (χ1v) is 10.7. The van der Waals surface area contributed by atoms with Crippen molar-refractivity contribution in [2.45, 2.75) is 40.0 Å². The van der Waals surface area contributed by atoms with Crippen molar-refractivity contribution >= 4 is 23.1 Å². The highest BCUT2D eigenvalue weighted by molar-refractivity contribution is 6.43. The number of benzene rings is 2. The molecule has 36 heavy (non-hydrogen) atoms. The number of alkyl halides is 3. The first-order chi connectivity index (χ1) is 17.0. The second-order valence-electron chi connectivity index (χ2n) is 7.69. The van der Waals surface area contributed by atoms with E-state index in [0.717, 1.165) is 5.56 Å². The van der Waals surface area contributed by atoms with E-state index in [1.165, 1.54) is 33.5 Å². The van der Waals surface area contributed by atoms with Crippen molar-refractivity contribution in [3.05, 3.63) is 69.8 Å². The van der Waals surface area contributed by atoms with E-state index in [2.05, 4.69) is 15.5 Å². The highest BCUT2D eigenvalue weighted by Gasteiger charge is 2.29. The summed E-state index contributed by atoms with van der Waals surface area (Å²) in [6.45, 7) is 4.92. The van der Waals surface area contributed by atoms with Crippen LogP contribution in [0.5, 0.6) is 0 Å². The third-order valence-electron chi connectivity index (χ3n) is 5.17. The highest BCUT2D eigenvalue weighted by Crippen LogP contribution is 2.26. The minimum atomic E-state index is -4.43. The van der Waals surface area contributed by atoms with E-state index in [0.29, 0.717) is 22.4 Å². The van der Waals surface area contributed by atoms with Crippen LogP contribution in [0.3, 0.4) is 0 Å². The number of hydrogen-bond acceptors (Lipinski definition) is 8. The van der Waals surface area contributed by atoms with Gasteiger partial charge in [-0.3, -0.25) is 0 Å². The Balaban J connectivity index is 2.40. The number of aryl methyl sites for hydroxylation is 1. The summed E-state index contributed by atoms with van der Waals surface area (Å²) in [5.74, 6) is -0.701. The van der Waals surface area contributed by atoms with Gasteiger partial charge in [0.05, 0.1) is 25.0 Å². The summed E-state index contributed by atoms with van der Waals surface area (Å²) < 4.78 is 44.6. The Bertz CT molecular complexity index is 1170. The first-order valence-electron chi connectivity index (χ1n) is 10.7. The van der Waals surface area contributed by atoms with E-state index in [1.807, 2.05) is 13.0 Å². The van der Waals surface area contributed by atoms with Crippen molar-refractivity contribution in [1.82, 2.24) is 0 Å². The number of halogens is 3. The fourth-order valence-electron chi connectivity index (χ4n) is 3.47. The number of ether oxygens (including phenoxy) is 1. The van der Waals surface area contributed by atoms with Crippen molar-refractivity contribution in [2.24, 2.45) is 15.5 Å². The molecule has 8 nitrogen and oxygen atoms in total. The van der Waals surface area contributed by atoms with E-state index >= 15 is 0 Å². The molecule has 0 aliphatic rings. The first kappa shape index (κ1) is 28.3. The molecular formula is C25H28F3N3O5. The average Bonchev–Trinajstić information content (AvgIpc) is 2.82. The Morgan fingerprint density at radius 3 is 2.22 bits per heavy atom. The Morgan fingerprint density at radius 1 is 0.917 bits per heavy atom. The van der Waals surface area contributed by atoms with Crippen molar-refractivity contribution in [3.8, 4) is 0 Å². The summed E-state index contributed by atoms with van der Waals surface area (Å²) in [6.07, 6.45) is -5.58. The second-order valence-corrected chi connectivity index (χ2v) is 7.69. The molecular weight excluding hydrogens is 479 g/mol. The lowest BCUT2D eigenvalue weighted by molar-refractivity contribution is -0.132. The minimum Gasteiger partial charge on any atom is -0.464 e. The maximum atomic E-state index is 13.3. The molecule has 2 rings (SSSR count). The molecule has 0 aliphatic heterocycles. The average molecular weight is 508 g/mol. The van der Waals surface area contributed by atoms with Gasteiger partial charge in [-0.15, -0.1) is 0 Å². The van der Waals surface area contributed by atoms with E-state index in [-0.39, 0.29) is 29.2 Å². The maximum Gasteiger partial charge on any atom is 0.393 e. The van der Waals surface area contributed by atoms with Crippen LogP contribution in [0.1, 0.15) is 47.2 Å². The molecule has 2 aromatic carbocycles. The van der Waals surface area contributed by atoms with E-state index in [4.69, 9.17) is 19.2 Å². The molecule has 11 heteroatoms.